The van der Waals surface area contributed by atoms with E-state index in [-0.39, 0.29) is 30.9 Å². The van der Waals surface area contributed by atoms with E-state index in [2.05, 4.69) is 4.74 Å². The summed E-state index contributed by atoms with van der Waals surface area (Å²) in [5.41, 5.74) is -0.0736. The van der Waals surface area contributed by atoms with Gasteiger partial charge < -0.3 is 14.7 Å². The molecule has 8 heteroatoms. The van der Waals surface area contributed by atoms with Gasteiger partial charge in [-0.3, -0.25) is 19.7 Å². The molecule has 1 rings (SSSR count). The number of amides is 1. The number of rotatable bonds is 7. The number of benzene rings is 1. The number of nitro benzene ring substituents is 1. The monoisotopic (exact) mass is 310 g/mol. The van der Waals surface area contributed by atoms with Crippen LogP contribution in [0.25, 0.3) is 0 Å². The van der Waals surface area contributed by atoms with Gasteiger partial charge in [0, 0.05) is 30.8 Å². The molecule has 0 aliphatic heterocycles. The number of non-ortho nitro benzene ring substituents is 1. The highest BCUT2D eigenvalue weighted by molar-refractivity contribution is 5.95. The summed E-state index contributed by atoms with van der Waals surface area (Å²) in [6.07, 6.45) is 0. The Morgan fingerprint density at radius 1 is 1.45 bits per heavy atom. The first kappa shape index (κ1) is 17.6. The number of nitrogens with zero attached hydrogens (tertiary/aromatic N) is 2. The van der Waals surface area contributed by atoms with Gasteiger partial charge in [-0.15, -0.1) is 0 Å². The van der Waals surface area contributed by atoms with Crippen molar-refractivity contribution >= 4 is 17.6 Å². The van der Waals surface area contributed by atoms with Gasteiger partial charge in [0.2, 0.25) is 0 Å². The van der Waals surface area contributed by atoms with Crippen LogP contribution in [0.1, 0.15) is 17.3 Å². The number of ether oxygens (including phenoxy) is 1. The molecule has 0 saturated heterocycles. The topological polar surface area (TPSA) is 110 Å². The standard InChI is InChI=1S/C14H18N2O6/c1-10(14(19)22-2)9-15(6-7-17)13(18)11-4-3-5-12(8-11)16(20)21/h3-5,8,10,17H,6-7,9H2,1-2H3. The quantitative estimate of drug-likeness (QED) is 0.454. The van der Waals surface area contributed by atoms with Crippen molar-refractivity contribution in [3.63, 3.8) is 0 Å². The number of hydrogen-bond donors (Lipinski definition) is 1. The molecular weight excluding hydrogens is 292 g/mol. The second-order valence-electron chi connectivity index (χ2n) is 4.71. The van der Waals surface area contributed by atoms with Crippen LogP contribution in [0.4, 0.5) is 5.69 Å². The molecule has 0 radical (unpaired) electrons. The summed E-state index contributed by atoms with van der Waals surface area (Å²) in [4.78, 5) is 35.3. The van der Waals surface area contributed by atoms with E-state index in [9.17, 15) is 19.7 Å². The number of aliphatic hydroxyl groups is 1. The maximum Gasteiger partial charge on any atom is 0.310 e. The molecule has 1 unspecified atom stereocenters. The number of carbonyl (C=O) groups is 2. The molecule has 1 aromatic rings. The number of hydrogen-bond acceptors (Lipinski definition) is 6. The Kier molecular flexibility index (Phi) is 6.46. The number of nitro groups is 1. The fourth-order valence-corrected chi connectivity index (χ4v) is 1.94. The van der Waals surface area contributed by atoms with Crippen LogP contribution < -0.4 is 0 Å². The Morgan fingerprint density at radius 2 is 2.14 bits per heavy atom. The molecule has 0 heterocycles. The van der Waals surface area contributed by atoms with E-state index in [1.807, 2.05) is 0 Å². The lowest BCUT2D eigenvalue weighted by Crippen LogP contribution is -2.39. The molecule has 0 fully saturated rings. The van der Waals surface area contributed by atoms with Crippen LogP contribution in [-0.4, -0.2) is 53.6 Å². The van der Waals surface area contributed by atoms with Crippen molar-refractivity contribution in [3.05, 3.63) is 39.9 Å². The van der Waals surface area contributed by atoms with Crippen LogP contribution in [0, 0.1) is 16.0 Å². The van der Waals surface area contributed by atoms with Gasteiger partial charge in [-0.25, -0.2) is 0 Å². The summed E-state index contributed by atoms with van der Waals surface area (Å²) in [5, 5.41) is 19.8. The van der Waals surface area contributed by atoms with Crippen molar-refractivity contribution in [2.45, 2.75) is 6.92 Å². The van der Waals surface area contributed by atoms with Crippen molar-refractivity contribution in [2.24, 2.45) is 5.92 Å². The maximum absolute atomic E-state index is 12.4. The zero-order valence-corrected chi connectivity index (χ0v) is 12.4. The average Bonchev–Trinajstić information content (AvgIpc) is 2.52. The van der Waals surface area contributed by atoms with E-state index in [0.717, 1.165) is 6.07 Å². The minimum Gasteiger partial charge on any atom is -0.469 e. The van der Waals surface area contributed by atoms with Crippen LogP contribution in [-0.2, 0) is 9.53 Å². The molecular formula is C14H18N2O6. The first-order valence-electron chi connectivity index (χ1n) is 6.63. The average molecular weight is 310 g/mol. The molecule has 1 atom stereocenters. The van der Waals surface area contributed by atoms with E-state index in [0.29, 0.717) is 0 Å². The van der Waals surface area contributed by atoms with Gasteiger partial charge in [-0.05, 0) is 6.07 Å². The lowest BCUT2D eigenvalue weighted by Gasteiger charge is -2.24. The van der Waals surface area contributed by atoms with Gasteiger partial charge in [0.1, 0.15) is 0 Å². The van der Waals surface area contributed by atoms with Crippen LogP contribution >= 0.6 is 0 Å². The largest absolute Gasteiger partial charge is 0.469 e. The molecule has 0 saturated carbocycles. The van der Waals surface area contributed by atoms with E-state index < -0.39 is 22.7 Å². The molecule has 1 N–H and O–H groups in total. The number of aliphatic hydroxyl groups excluding tert-OH is 1. The smallest absolute Gasteiger partial charge is 0.310 e. The summed E-state index contributed by atoms with van der Waals surface area (Å²) >= 11 is 0. The van der Waals surface area contributed by atoms with E-state index in [1.54, 1.807) is 6.92 Å². The van der Waals surface area contributed by atoms with Gasteiger partial charge in [0.15, 0.2) is 0 Å². The molecule has 0 aliphatic carbocycles. The number of esters is 1. The van der Waals surface area contributed by atoms with Gasteiger partial charge in [-0.2, -0.15) is 0 Å². The van der Waals surface area contributed by atoms with E-state index in [1.165, 1.54) is 30.2 Å². The fraction of sp³-hybridized carbons (Fsp3) is 0.429. The second-order valence-corrected chi connectivity index (χ2v) is 4.71. The zero-order valence-electron chi connectivity index (χ0n) is 12.4. The number of carbonyl (C=O) groups excluding carboxylic acids is 2. The van der Waals surface area contributed by atoms with Crippen LogP contribution in [0.3, 0.4) is 0 Å². The Bertz CT molecular complexity index is 560. The van der Waals surface area contributed by atoms with Crippen molar-refractivity contribution in [1.82, 2.24) is 4.90 Å². The third-order valence-electron chi connectivity index (χ3n) is 3.06. The first-order chi connectivity index (χ1) is 10.4. The normalized spacial score (nSPS) is 11.6. The minimum absolute atomic E-state index is 0.0167. The first-order valence-corrected chi connectivity index (χ1v) is 6.63. The third kappa shape index (κ3) is 4.52. The summed E-state index contributed by atoms with van der Waals surface area (Å²) < 4.78 is 4.60. The lowest BCUT2D eigenvalue weighted by molar-refractivity contribution is -0.384. The summed E-state index contributed by atoms with van der Waals surface area (Å²) in [7, 11) is 1.25. The summed E-state index contributed by atoms with van der Waals surface area (Å²) in [6.45, 7) is 1.38. The van der Waals surface area contributed by atoms with Crippen molar-refractivity contribution in [2.75, 3.05) is 26.8 Å². The second kappa shape index (κ2) is 8.08. The highest BCUT2D eigenvalue weighted by Gasteiger charge is 2.23. The van der Waals surface area contributed by atoms with Gasteiger partial charge in [0.05, 0.1) is 24.6 Å². The summed E-state index contributed by atoms with van der Waals surface area (Å²) in [5.74, 6) is -1.54. The van der Waals surface area contributed by atoms with Gasteiger partial charge >= 0.3 is 5.97 Å². The Morgan fingerprint density at radius 3 is 2.68 bits per heavy atom. The molecule has 1 amide bonds. The van der Waals surface area contributed by atoms with Gasteiger partial charge in [0.25, 0.3) is 11.6 Å². The number of methoxy groups -OCH3 is 1. The van der Waals surface area contributed by atoms with Crippen LogP contribution in [0.15, 0.2) is 24.3 Å². The molecule has 0 bridgehead atoms. The zero-order chi connectivity index (χ0) is 16.7. The predicted molar refractivity (Wildman–Crippen MR) is 77.3 cm³/mol. The summed E-state index contributed by atoms with van der Waals surface area (Å²) in [6, 6.07) is 5.30. The minimum atomic E-state index is -0.593. The van der Waals surface area contributed by atoms with Crippen LogP contribution in [0.5, 0.6) is 0 Å². The molecule has 0 spiro atoms. The molecule has 0 aromatic heterocycles. The molecule has 22 heavy (non-hydrogen) atoms. The van der Waals surface area contributed by atoms with Crippen LogP contribution in [0.2, 0.25) is 0 Å². The maximum atomic E-state index is 12.4. The van der Waals surface area contributed by atoms with E-state index in [4.69, 9.17) is 5.11 Å². The van der Waals surface area contributed by atoms with Gasteiger partial charge in [-0.1, -0.05) is 13.0 Å². The van der Waals surface area contributed by atoms with Crippen molar-refractivity contribution < 1.29 is 24.4 Å². The lowest BCUT2D eigenvalue weighted by atomic mass is 10.1. The Hall–Kier alpha value is -2.48. The molecule has 120 valence electrons. The predicted octanol–water partition coefficient (Wildman–Crippen LogP) is 0.838. The van der Waals surface area contributed by atoms with Crippen molar-refractivity contribution in [1.29, 1.82) is 0 Å². The highest BCUT2D eigenvalue weighted by Crippen LogP contribution is 2.15. The fourth-order valence-electron chi connectivity index (χ4n) is 1.94. The molecule has 0 aliphatic rings. The molecule has 1 aromatic carbocycles. The third-order valence-corrected chi connectivity index (χ3v) is 3.06. The highest BCUT2D eigenvalue weighted by atomic mass is 16.6. The Balaban J connectivity index is 2.95. The Labute approximate surface area is 127 Å². The SMILES string of the molecule is COC(=O)C(C)CN(CCO)C(=O)c1cccc([N+](=O)[O-])c1. The van der Waals surface area contributed by atoms with Crippen molar-refractivity contribution in [3.8, 4) is 0 Å². The van der Waals surface area contributed by atoms with E-state index >= 15 is 0 Å². The molecule has 8 nitrogen and oxygen atoms in total.